The highest BCUT2D eigenvalue weighted by molar-refractivity contribution is 5.98. The Labute approximate surface area is 198 Å². The molecule has 1 aliphatic rings. The number of hydrogen-bond acceptors (Lipinski definition) is 5. The minimum atomic E-state index is -1.01. The number of carbonyl (C=O) groups is 1. The van der Waals surface area contributed by atoms with Crippen molar-refractivity contribution in [3.63, 3.8) is 0 Å². The molecule has 6 heteroatoms. The first kappa shape index (κ1) is 21.7. The molecular formula is C28H24N2O4. The molecule has 5 rings (SSSR count). The number of carbonyl (C=O) groups excluding carboxylic acids is 1. The van der Waals surface area contributed by atoms with E-state index >= 15 is 0 Å². The normalized spacial score (nSPS) is 14.7. The Balaban J connectivity index is 1.37. The summed E-state index contributed by atoms with van der Waals surface area (Å²) in [6.07, 6.45) is 0.603. The number of rotatable bonds is 8. The van der Waals surface area contributed by atoms with Crippen LogP contribution in [0.2, 0.25) is 0 Å². The molecule has 1 unspecified atom stereocenters. The summed E-state index contributed by atoms with van der Waals surface area (Å²) in [5.41, 5.74) is 3.77. The zero-order valence-electron chi connectivity index (χ0n) is 18.5. The molecule has 1 aromatic heterocycles. The third-order valence-electron chi connectivity index (χ3n) is 5.72. The van der Waals surface area contributed by atoms with Crippen LogP contribution in [0, 0.1) is 0 Å². The van der Waals surface area contributed by atoms with Crippen LogP contribution in [-0.4, -0.2) is 20.9 Å². The van der Waals surface area contributed by atoms with Gasteiger partial charge in [-0.2, -0.15) is 0 Å². The predicted octanol–water partition coefficient (Wildman–Crippen LogP) is 4.89. The maximum absolute atomic E-state index is 12.8. The Morgan fingerprint density at radius 1 is 0.794 bits per heavy atom. The maximum Gasteiger partial charge on any atom is 0.256 e. The van der Waals surface area contributed by atoms with Crippen molar-refractivity contribution in [3.05, 3.63) is 125 Å². The van der Waals surface area contributed by atoms with Crippen molar-refractivity contribution in [2.45, 2.75) is 26.0 Å². The van der Waals surface area contributed by atoms with Crippen LogP contribution in [0.4, 0.5) is 0 Å². The molecule has 170 valence electrons. The van der Waals surface area contributed by atoms with Gasteiger partial charge in [0.1, 0.15) is 13.2 Å². The van der Waals surface area contributed by atoms with Gasteiger partial charge in [-0.05, 0) is 17.2 Å². The Morgan fingerprint density at radius 2 is 1.38 bits per heavy atom. The molecule has 3 aromatic carbocycles. The van der Waals surface area contributed by atoms with Crippen LogP contribution in [0.15, 0.2) is 97.2 Å². The number of fused-ring (bicyclic) bond motifs is 1. The van der Waals surface area contributed by atoms with Crippen LogP contribution >= 0.6 is 0 Å². The number of nitrogens with zero attached hydrogens (tertiary/aromatic N) is 2. The quantitative estimate of drug-likeness (QED) is 0.412. The van der Waals surface area contributed by atoms with Crippen LogP contribution in [-0.2, 0) is 19.8 Å². The fourth-order valence-electron chi connectivity index (χ4n) is 3.93. The molecule has 1 atom stereocenters. The summed E-state index contributed by atoms with van der Waals surface area (Å²) in [6, 6.07) is 28.6. The second kappa shape index (κ2) is 9.77. The topological polar surface area (TPSA) is 71.9 Å². The van der Waals surface area contributed by atoms with Gasteiger partial charge in [-0.25, -0.2) is 0 Å². The highest BCUT2D eigenvalue weighted by Gasteiger charge is 2.35. The van der Waals surface area contributed by atoms with E-state index in [1.54, 1.807) is 30.5 Å². The number of aliphatic hydroxyl groups is 1. The zero-order chi connectivity index (χ0) is 23.3. The van der Waals surface area contributed by atoms with Gasteiger partial charge in [-0.15, -0.1) is 0 Å². The second-order valence-electron chi connectivity index (χ2n) is 8.06. The molecule has 1 amide bonds. The van der Waals surface area contributed by atoms with E-state index in [1.165, 1.54) is 4.90 Å². The lowest BCUT2D eigenvalue weighted by Crippen LogP contribution is -2.27. The minimum Gasteiger partial charge on any atom is -0.485 e. The summed E-state index contributed by atoms with van der Waals surface area (Å²) < 4.78 is 12.1. The average molecular weight is 453 g/mol. The first-order valence-electron chi connectivity index (χ1n) is 11.1. The molecule has 34 heavy (non-hydrogen) atoms. The molecule has 0 radical (unpaired) electrons. The highest BCUT2D eigenvalue weighted by atomic mass is 16.5. The molecule has 1 aliphatic heterocycles. The maximum atomic E-state index is 12.8. The molecule has 0 fully saturated rings. The van der Waals surface area contributed by atoms with Gasteiger partial charge in [0.05, 0.1) is 18.4 Å². The molecule has 0 saturated carbocycles. The van der Waals surface area contributed by atoms with Gasteiger partial charge >= 0.3 is 0 Å². The molecule has 6 nitrogen and oxygen atoms in total. The molecule has 0 bridgehead atoms. The van der Waals surface area contributed by atoms with Crippen molar-refractivity contribution in [3.8, 4) is 11.5 Å². The van der Waals surface area contributed by atoms with Crippen LogP contribution in [0.3, 0.4) is 0 Å². The van der Waals surface area contributed by atoms with Gasteiger partial charge in [-0.3, -0.25) is 9.78 Å². The number of aromatic nitrogens is 1. The van der Waals surface area contributed by atoms with E-state index in [4.69, 9.17) is 9.47 Å². The SMILES string of the molecule is O=C1c2ccccc2C(O)N1Cc1cc(OCc2ccccc2)c(OCc2ccccc2)cn1. The summed E-state index contributed by atoms with van der Waals surface area (Å²) in [6.45, 7) is 0.889. The van der Waals surface area contributed by atoms with Crippen molar-refractivity contribution in [1.29, 1.82) is 0 Å². The number of benzene rings is 3. The molecular weight excluding hydrogens is 428 g/mol. The number of ether oxygens (including phenoxy) is 2. The lowest BCUT2D eigenvalue weighted by molar-refractivity contribution is 0.0131. The Morgan fingerprint density at radius 3 is 2.03 bits per heavy atom. The van der Waals surface area contributed by atoms with Crippen molar-refractivity contribution >= 4 is 5.91 Å². The van der Waals surface area contributed by atoms with E-state index in [1.807, 2.05) is 66.7 Å². The molecule has 0 spiro atoms. The standard InChI is InChI=1S/C28H24N2O4/c31-27-23-13-7-8-14-24(23)28(32)30(27)17-22-15-25(33-18-20-9-3-1-4-10-20)26(16-29-22)34-19-21-11-5-2-6-12-21/h1-16,27,31H,17-19H2. The van der Waals surface area contributed by atoms with Crippen LogP contribution in [0.25, 0.3) is 0 Å². The average Bonchev–Trinajstić information content (AvgIpc) is 3.13. The van der Waals surface area contributed by atoms with Gasteiger partial charge in [0.15, 0.2) is 17.7 Å². The number of aliphatic hydroxyl groups excluding tert-OH is 1. The van der Waals surface area contributed by atoms with Crippen molar-refractivity contribution in [1.82, 2.24) is 9.88 Å². The summed E-state index contributed by atoms with van der Waals surface area (Å²) in [4.78, 5) is 18.7. The van der Waals surface area contributed by atoms with Crippen LogP contribution < -0.4 is 9.47 Å². The van der Waals surface area contributed by atoms with E-state index in [0.717, 1.165) is 11.1 Å². The van der Waals surface area contributed by atoms with Gasteiger partial charge in [0.25, 0.3) is 5.91 Å². The van der Waals surface area contributed by atoms with Crippen LogP contribution in [0.1, 0.15) is 39.0 Å². The van der Waals surface area contributed by atoms with Gasteiger partial charge < -0.3 is 19.5 Å². The molecule has 0 aliphatic carbocycles. The fraction of sp³-hybridized carbons (Fsp3) is 0.143. The lowest BCUT2D eigenvalue weighted by atomic mass is 10.1. The monoisotopic (exact) mass is 452 g/mol. The van der Waals surface area contributed by atoms with Gasteiger partial charge in [0.2, 0.25) is 0 Å². The Hall–Kier alpha value is -4.16. The summed E-state index contributed by atoms with van der Waals surface area (Å²) in [5, 5.41) is 10.7. The minimum absolute atomic E-state index is 0.148. The van der Waals surface area contributed by atoms with E-state index in [9.17, 15) is 9.90 Å². The van der Waals surface area contributed by atoms with E-state index in [0.29, 0.717) is 41.5 Å². The van der Waals surface area contributed by atoms with Crippen LogP contribution in [0.5, 0.6) is 11.5 Å². The van der Waals surface area contributed by atoms with Crippen molar-refractivity contribution in [2.24, 2.45) is 0 Å². The fourth-order valence-corrected chi connectivity index (χ4v) is 3.93. The first-order valence-corrected chi connectivity index (χ1v) is 11.1. The lowest BCUT2D eigenvalue weighted by Gasteiger charge is -2.21. The van der Waals surface area contributed by atoms with Gasteiger partial charge in [-0.1, -0.05) is 78.9 Å². The van der Waals surface area contributed by atoms with Gasteiger partial charge in [0, 0.05) is 17.2 Å². The largest absolute Gasteiger partial charge is 0.485 e. The second-order valence-corrected chi connectivity index (χ2v) is 8.06. The van der Waals surface area contributed by atoms with E-state index in [-0.39, 0.29) is 12.5 Å². The smallest absolute Gasteiger partial charge is 0.256 e. The van der Waals surface area contributed by atoms with E-state index < -0.39 is 6.23 Å². The summed E-state index contributed by atoms with van der Waals surface area (Å²) >= 11 is 0. The zero-order valence-corrected chi connectivity index (χ0v) is 18.5. The molecule has 2 heterocycles. The third-order valence-corrected chi connectivity index (χ3v) is 5.72. The van der Waals surface area contributed by atoms with E-state index in [2.05, 4.69) is 4.98 Å². The number of hydrogen-bond donors (Lipinski definition) is 1. The number of amides is 1. The Bertz CT molecular complexity index is 1280. The third kappa shape index (κ3) is 4.63. The predicted molar refractivity (Wildman–Crippen MR) is 127 cm³/mol. The Kier molecular flexibility index (Phi) is 6.23. The molecule has 1 N–H and O–H groups in total. The summed E-state index contributed by atoms with van der Waals surface area (Å²) in [7, 11) is 0. The highest BCUT2D eigenvalue weighted by Crippen LogP contribution is 2.34. The molecule has 4 aromatic rings. The van der Waals surface area contributed by atoms with Crippen molar-refractivity contribution < 1.29 is 19.4 Å². The first-order chi connectivity index (χ1) is 16.7. The number of pyridine rings is 1. The van der Waals surface area contributed by atoms with Crippen molar-refractivity contribution in [2.75, 3.05) is 0 Å². The molecule has 0 saturated heterocycles. The summed E-state index contributed by atoms with van der Waals surface area (Å²) in [5.74, 6) is 0.824.